The number of H-pyrrole nitrogens is 1. The number of rotatable bonds is 8. The van der Waals surface area contributed by atoms with Gasteiger partial charge in [0, 0.05) is 25.1 Å². The lowest BCUT2D eigenvalue weighted by Crippen LogP contribution is -2.28. The first-order chi connectivity index (χ1) is 11.2. The molecule has 1 amide bonds. The third-order valence-corrected chi connectivity index (χ3v) is 3.94. The van der Waals surface area contributed by atoms with E-state index in [4.69, 9.17) is 4.74 Å². The van der Waals surface area contributed by atoms with E-state index in [0.29, 0.717) is 24.2 Å². The van der Waals surface area contributed by atoms with Crippen LogP contribution in [0.1, 0.15) is 25.0 Å². The number of aromatic amines is 1. The molecule has 1 heterocycles. The van der Waals surface area contributed by atoms with Crippen LogP contribution in [-0.2, 0) is 16.0 Å². The summed E-state index contributed by atoms with van der Waals surface area (Å²) in [7, 11) is 0. The van der Waals surface area contributed by atoms with Crippen molar-refractivity contribution in [3.8, 4) is 0 Å². The summed E-state index contributed by atoms with van der Waals surface area (Å²) in [6, 6.07) is 7.17. The van der Waals surface area contributed by atoms with E-state index in [0.717, 1.165) is 24.3 Å². The Morgan fingerprint density at radius 1 is 1.30 bits per heavy atom. The predicted octanol–water partition coefficient (Wildman–Crippen LogP) is 1.40. The SMILES string of the molecule is O=C(Cc1n[nH]c(=O)c2ccccc12)NCCCOCC1CC1. The quantitative estimate of drug-likeness (QED) is 0.721. The van der Waals surface area contributed by atoms with Gasteiger partial charge in [0.05, 0.1) is 17.5 Å². The Hall–Kier alpha value is -2.21. The fourth-order valence-corrected chi connectivity index (χ4v) is 2.46. The van der Waals surface area contributed by atoms with Gasteiger partial charge in [-0.2, -0.15) is 5.10 Å². The number of hydrogen-bond donors (Lipinski definition) is 2. The Bertz CT molecular complexity index is 737. The third-order valence-electron chi connectivity index (χ3n) is 3.94. The van der Waals surface area contributed by atoms with Gasteiger partial charge >= 0.3 is 0 Å². The third kappa shape index (κ3) is 4.39. The van der Waals surface area contributed by atoms with Crippen LogP contribution in [0.3, 0.4) is 0 Å². The van der Waals surface area contributed by atoms with Crippen molar-refractivity contribution >= 4 is 16.7 Å². The fraction of sp³-hybridized carbons (Fsp3) is 0.471. The number of carbonyl (C=O) groups is 1. The monoisotopic (exact) mass is 315 g/mol. The summed E-state index contributed by atoms with van der Waals surface area (Å²) in [5.74, 6) is 0.668. The maximum absolute atomic E-state index is 12.0. The smallest absolute Gasteiger partial charge is 0.272 e. The average Bonchev–Trinajstić information content (AvgIpc) is 3.38. The Kier molecular flexibility index (Phi) is 5.02. The molecule has 0 atom stereocenters. The molecule has 6 heteroatoms. The van der Waals surface area contributed by atoms with E-state index in [1.54, 1.807) is 12.1 Å². The number of nitrogens with zero attached hydrogens (tertiary/aromatic N) is 1. The molecule has 1 aromatic carbocycles. The molecule has 1 aliphatic rings. The molecule has 1 aliphatic carbocycles. The first-order valence-corrected chi connectivity index (χ1v) is 8.05. The summed E-state index contributed by atoms with van der Waals surface area (Å²) in [6.07, 6.45) is 3.53. The number of benzene rings is 1. The minimum absolute atomic E-state index is 0.100. The second kappa shape index (κ2) is 7.37. The fourth-order valence-electron chi connectivity index (χ4n) is 2.46. The predicted molar refractivity (Wildman–Crippen MR) is 87.2 cm³/mol. The van der Waals surface area contributed by atoms with Gasteiger partial charge in [-0.1, -0.05) is 18.2 Å². The van der Waals surface area contributed by atoms with Crippen LogP contribution >= 0.6 is 0 Å². The average molecular weight is 315 g/mol. The highest BCUT2D eigenvalue weighted by molar-refractivity contribution is 5.88. The van der Waals surface area contributed by atoms with E-state index in [-0.39, 0.29) is 17.9 Å². The molecule has 0 radical (unpaired) electrons. The molecule has 122 valence electrons. The number of fused-ring (bicyclic) bond motifs is 1. The standard InChI is InChI=1S/C17H21N3O3/c21-16(18-8-3-9-23-11-12-6-7-12)10-15-13-4-1-2-5-14(13)17(22)20-19-15/h1-2,4-5,12H,3,6-11H2,(H,18,21)(H,20,22). The van der Waals surface area contributed by atoms with Crippen molar-refractivity contribution < 1.29 is 9.53 Å². The molecule has 1 saturated carbocycles. The van der Waals surface area contributed by atoms with Crippen molar-refractivity contribution in [3.05, 3.63) is 40.3 Å². The van der Waals surface area contributed by atoms with E-state index >= 15 is 0 Å². The zero-order valence-electron chi connectivity index (χ0n) is 13.0. The van der Waals surface area contributed by atoms with Crippen LogP contribution in [0.15, 0.2) is 29.1 Å². The van der Waals surface area contributed by atoms with E-state index in [2.05, 4.69) is 15.5 Å². The normalized spacial score (nSPS) is 14.1. The number of carbonyl (C=O) groups excluding carboxylic acids is 1. The molecule has 2 aromatic rings. The lowest BCUT2D eigenvalue weighted by Gasteiger charge is -2.07. The largest absolute Gasteiger partial charge is 0.381 e. The van der Waals surface area contributed by atoms with Gasteiger partial charge in [0.1, 0.15) is 0 Å². The number of hydrogen-bond acceptors (Lipinski definition) is 4. The Morgan fingerprint density at radius 2 is 2.09 bits per heavy atom. The molecule has 2 N–H and O–H groups in total. The van der Waals surface area contributed by atoms with Gasteiger partial charge in [0.15, 0.2) is 0 Å². The van der Waals surface area contributed by atoms with E-state index in [9.17, 15) is 9.59 Å². The highest BCUT2D eigenvalue weighted by Gasteiger charge is 2.20. The minimum atomic E-state index is -0.238. The van der Waals surface area contributed by atoms with Gasteiger partial charge in [-0.05, 0) is 31.2 Å². The van der Waals surface area contributed by atoms with Crippen LogP contribution in [0.2, 0.25) is 0 Å². The van der Waals surface area contributed by atoms with Crippen molar-refractivity contribution in [2.45, 2.75) is 25.7 Å². The molecule has 6 nitrogen and oxygen atoms in total. The van der Waals surface area contributed by atoms with Crippen LogP contribution in [0.5, 0.6) is 0 Å². The van der Waals surface area contributed by atoms with Gasteiger partial charge in [0.2, 0.25) is 5.91 Å². The van der Waals surface area contributed by atoms with Crippen molar-refractivity contribution in [2.75, 3.05) is 19.8 Å². The van der Waals surface area contributed by atoms with Crippen LogP contribution in [-0.4, -0.2) is 35.9 Å². The van der Waals surface area contributed by atoms with Crippen LogP contribution in [0.4, 0.5) is 0 Å². The van der Waals surface area contributed by atoms with Gasteiger partial charge in [-0.25, -0.2) is 5.10 Å². The molecular weight excluding hydrogens is 294 g/mol. The van der Waals surface area contributed by atoms with Gasteiger partial charge in [-0.15, -0.1) is 0 Å². The Balaban J connectivity index is 1.47. The summed E-state index contributed by atoms with van der Waals surface area (Å²) >= 11 is 0. The molecule has 0 aliphatic heterocycles. The molecule has 3 rings (SSSR count). The number of ether oxygens (including phenoxy) is 1. The summed E-state index contributed by atoms with van der Waals surface area (Å²) < 4.78 is 5.53. The molecule has 1 aromatic heterocycles. The minimum Gasteiger partial charge on any atom is -0.381 e. The molecule has 0 unspecified atom stereocenters. The van der Waals surface area contributed by atoms with E-state index < -0.39 is 0 Å². The molecular formula is C17H21N3O3. The number of amides is 1. The van der Waals surface area contributed by atoms with Crippen LogP contribution in [0, 0.1) is 5.92 Å². The van der Waals surface area contributed by atoms with Gasteiger partial charge in [0.25, 0.3) is 5.56 Å². The maximum Gasteiger partial charge on any atom is 0.272 e. The van der Waals surface area contributed by atoms with Crippen molar-refractivity contribution in [1.29, 1.82) is 0 Å². The van der Waals surface area contributed by atoms with Crippen molar-refractivity contribution in [3.63, 3.8) is 0 Å². The topological polar surface area (TPSA) is 84.1 Å². The molecule has 1 fully saturated rings. The lowest BCUT2D eigenvalue weighted by molar-refractivity contribution is -0.120. The summed E-state index contributed by atoms with van der Waals surface area (Å²) in [5.41, 5.74) is 0.347. The Labute approximate surface area is 134 Å². The summed E-state index contributed by atoms with van der Waals surface area (Å²) in [4.78, 5) is 23.7. The Morgan fingerprint density at radius 3 is 2.87 bits per heavy atom. The van der Waals surface area contributed by atoms with Crippen LogP contribution < -0.4 is 10.9 Å². The van der Waals surface area contributed by atoms with E-state index in [1.165, 1.54) is 12.8 Å². The van der Waals surface area contributed by atoms with Gasteiger partial charge < -0.3 is 10.1 Å². The highest BCUT2D eigenvalue weighted by atomic mass is 16.5. The second-order valence-corrected chi connectivity index (χ2v) is 5.94. The van der Waals surface area contributed by atoms with E-state index in [1.807, 2.05) is 12.1 Å². The summed E-state index contributed by atoms with van der Waals surface area (Å²) in [6.45, 7) is 2.11. The molecule has 0 saturated heterocycles. The first-order valence-electron chi connectivity index (χ1n) is 8.05. The zero-order valence-corrected chi connectivity index (χ0v) is 13.0. The maximum atomic E-state index is 12.0. The highest BCUT2D eigenvalue weighted by Crippen LogP contribution is 2.28. The van der Waals surface area contributed by atoms with Crippen LogP contribution in [0.25, 0.3) is 10.8 Å². The lowest BCUT2D eigenvalue weighted by atomic mass is 10.1. The molecule has 0 spiro atoms. The summed E-state index contributed by atoms with van der Waals surface area (Å²) in [5, 5.41) is 10.6. The molecule has 0 bridgehead atoms. The number of nitrogens with one attached hydrogen (secondary N) is 2. The molecule has 23 heavy (non-hydrogen) atoms. The first kappa shape index (κ1) is 15.7. The number of aromatic nitrogens is 2. The van der Waals surface area contributed by atoms with Crippen molar-refractivity contribution in [2.24, 2.45) is 5.92 Å². The van der Waals surface area contributed by atoms with Crippen molar-refractivity contribution in [1.82, 2.24) is 15.5 Å². The van der Waals surface area contributed by atoms with Gasteiger partial charge in [-0.3, -0.25) is 9.59 Å². The zero-order chi connectivity index (χ0) is 16.1. The second-order valence-electron chi connectivity index (χ2n) is 5.94.